The molecule has 5 heteroatoms. The Bertz CT molecular complexity index is 469. The highest BCUT2D eigenvalue weighted by molar-refractivity contribution is 7.80. The zero-order valence-corrected chi connectivity index (χ0v) is 10.3. The van der Waals surface area contributed by atoms with Crippen LogP contribution < -0.4 is 15.8 Å². The molecule has 3 N–H and O–H groups in total. The molecule has 90 valence electrons. The summed E-state index contributed by atoms with van der Waals surface area (Å²) >= 11 is 4.93. The number of nitrogens with two attached hydrogens (primary N) is 1. The van der Waals surface area contributed by atoms with Gasteiger partial charge in [0.25, 0.3) is 0 Å². The number of rotatable bonds is 4. The van der Waals surface area contributed by atoms with Crippen LogP contribution in [0, 0.1) is 5.41 Å². The minimum atomic E-state index is -0.627. The van der Waals surface area contributed by atoms with E-state index in [-0.39, 0.29) is 10.9 Å². The molecule has 1 aliphatic rings. The number of carbonyl (C=O) groups excluding carboxylic acids is 1. The van der Waals surface area contributed by atoms with Crippen LogP contribution in [0.3, 0.4) is 0 Å². The average molecular weight is 250 g/mol. The molecule has 1 aromatic carbocycles. The minimum absolute atomic E-state index is 0.127. The van der Waals surface area contributed by atoms with Gasteiger partial charge in [0, 0.05) is 11.8 Å². The van der Waals surface area contributed by atoms with Crippen LogP contribution in [0.25, 0.3) is 0 Å². The molecule has 17 heavy (non-hydrogen) atoms. The summed E-state index contributed by atoms with van der Waals surface area (Å²) in [5, 5.41) is 2.81. The first-order valence-electron chi connectivity index (χ1n) is 5.34. The number of anilines is 1. The molecule has 0 aromatic heterocycles. The lowest BCUT2D eigenvalue weighted by atomic mass is 10.1. The highest BCUT2D eigenvalue weighted by atomic mass is 32.1. The summed E-state index contributed by atoms with van der Waals surface area (Å²) in [5.74, 6) is 0.571. The third kappa shape index (κ3) is 2.24. The van der Waals surface area contributed by atoms with E-state index in [1.807, 2.05) is 12.1 Å². The Hall–Kier alpha value is -1.62. The van der Waals surface area contributed by atoms with E-state index in [1.54, 1.807) is 19.2 Å². The molecular formula is C12H14N2O2S. The van der Waals surface area contributed by atoms with Crippen molar-refractivity contribution in [1.29, 1.82) is 0 Å². The van der Waals surface area contributed by atoms with Crippen molar-refractivity contribution in [1.82, 2.24) is 0 Å². The summed E-state index contributed by atoms with van der Waals surface area (Å²) in [4.78, 5) is 12.3. The molecule has 1 fully saturated rings. The van der Waals surface area contributed by atoms with Gasteiger partial charge >= 0.3 is 0 Å². The maximum absolute atomic E-state index is 12.0. The van der Waals surface area contributed by atoms with E-state index in [9.17, 15) is 4.79 Å². The number of carbonyl (C=O) groups is 1. The van der Waals surface area contributed by atoms with Gasteiger partial charge < -0.3 is 15.8 Å². The van der Waals surface area contributed by atoms with Crippen molar-refractivity contribution in [2.24, 2.45) is 11.1 Å². The maximum atomic E-state index is 12.0. The van der Waals surface area contributed by atoms with Crippen molar-refractivity contribution in [3.05, 3.63) is 24.3 Å². The molecule has 1 aliphatic carbocycles. The summed E-state index contributed by atoms with van der Waals surface area (Å²) in [5.41, 5.74) is 5.65. The highest BCUT2D eigenvalue weighted by Gasteiger charge is 2.52. The van der Waals surface area contributed by atoms with Crippen molar-refractivity contribution < 1.29 is 9.53 Å². The Morgan fingerprint density at radius 2 is 2.24 bits per heavy atom. The third-order valence-electron chi connectivity index (χ3n) is 2.98. The summed E-state index contributed by atoms with van der Waals surface area (Å²) in [6.07, 6.45) is 1.47. The van der Waals surface area contributed by atoms with Crippen molar-refractivity contribution in [2.45, 2.75) is 12.8 Å². The van der Waals surface area contributed by atoms with Gasteiger partial charge in [-0.25, -0.2) is 0 Å². The van der Waals surface area contributed by atoms with Gasteiger partial charge in [0.15, 0.2) is 0 Å². The fourth-order valence-corrected chi connectivity index (χ4v) is 1.96. The number of ether oxygens (including phenoxy) is 1. The Balaban J connectivity index is 2.11. The van der Waals surface area contributed by atoms with E-state index in [2.05, 4.69) is 5.32 Å². The molecule has 0 spiro atoms. The number of hydrogen-bond acceptors (Lipinski definition) is 3. The zero-order chi connectivity index (χ0) is 12.5. The Labute approximate surface area is 105 Å². The molecule has 0 saturated heterocycles. The molecule has 0 unspecified atom stereocenters. The lowest BCUT2D eigenvalue weighted by molar-refractivity contribution is -0.118. The van der Waals surface area contributed by atoms with Crippen LogP contribution in [0.15, 0.2) is 24.3 Å². The van der Waals surface area contributed by atoms with Crippen LogP contribution >= 0.6 is 12.2 Å². The molecule has 1 amide bonds. The van der Waals surface area contributed by atoms with Gasteiger partial charge in [0.2, 0.25) is 5.91 Å². The van der Waals surface area contributed by atoms with Gasteiger partial charge in [0.1, 0.15) is 5.75 Å². The van der Waals surface area contributed by atoms with Crippen LogP contribution in [0.2, 0.25) is 0 Å². The van der Waals surface area contributed by atoms with E-state index >= 15 is 0 Å². The van der Waals surface area contributed by atoms with Crippen molar-refractivity contribution in [3.63, 3.8) is 0 Å². The summed E-state index contributed by atoms with van der Waals surface area (Å²) in [6, 6.07) is 7.19. The molecule has 0 radical (unpaired) electrons. The second-order valence-corrected chi connectivity index (χ2v) is 4.57. The normalized spacial score (nSPS) is 16.1. The monoisotopic (exact) mass is 250 g/mol. The minimum Gasteiger partial charge on any atom is -0.497 e. The first-order chi connectivity index (χ1) is 8.08. The van der Waals surface area contributed by atoms with Crippen LogP contribution in [-0.4, -0.2) is 18.0 Å². The molecule has 0 heterocycles. The van der Waals surface area contributed by atoms with E-state index in [4.69, 9.17) is 22.7 Å². The SMILES string of the molecule is COc1cccc(NC(=O)C2(C(N)=S)CC2)c1. The van der Waals surface area contributed by atoms with Gasteiger partial charge in [-0.05, 0) is 25.0 Å². The van der Waals surface area contributed by atoms with Crippen LogP contribution in [-0.2, 0) is 4.79 Å². The van der Waals surface area contributed by atoms with E-state index in [0.29, 0.717) is 11.4 Å². The highest BCUT2D eigenvalue weighted by Crippen LogP contribution is 2.46. The summed E-state index contributed by atoms with van der Waals surface area (Å²) in [6.45, 7) is 0. The fraction of sp³-hybridized carbons (Fsp3) is 0.333. The third-order valence-corrected chi connectivity index (χ3v) is 3.37. The topological polar surface area (TPSA) is 64.3 Å². The molecular weight excluding hydrogens is 236 g/mol. The number of benzene rings is 1. The van der Waals surface area contributed by atoms with Gasteiger partial charge in [0.05, 0.1) is 17.5 Å². The summed E-state index contributed by atoms with van der Waals surface area (Å²) < 4.78 is 5.08. The first kappa shape index (κ1) is 11.9. The summed E-state index contributed by atoms with van der Waals surface area (Å²) in [7, 11) is 1.58. The zero-order valence-electron chi connectivity index (χ0n) is 9.53. The lowest BCUT2D eigenvalue weighted by Crippen LogP contribution is -2.34. The standard InChI is InChI=1S/C12H14N2O2S/c1-16-9-4-2-3-8(7-9)14-11(15)12(5-6-12)10(13)17/h2-4,7H,5-6H2,1H3,(H2,13,17)(H,14,15). The van der Waals surface area contributed by atoms with Crippen LogP contribution in [0.5, 0.6) is 5.75 Å². The number of amides is 1. The molecule has 2 rings (SSSR count). The van der Waals surface area contributed by atoms with E-state index in [0.717, 1.165) is 12.8 Å². The second kappa shape index (κ2) is 4.33. The van der Waals surface area contributed by atoms with Gasteiger partial charge in [-0.2, -0.15) is 0 Å². The Morgan fingerprint density at radius 1 is 1.53 bits per heavy atom. The predicted molar refractivity (Wildman–Crippen MR) is 70.1 cm³/mol. The lowest BCUT2D eigenvalue weighted by Gasteiger charge is -2.13. The first-order valence-corrected chi connectivity index (χ1v) is 5.75. The average Bonchev–Trinajstić information content (AvgIpc) is 3.10. The molecule has 0 bridgehead atoms. The van der Waals surface area contributed by atoms with Gasteiger partial charge in [-0.3, -0.25) is 4.79 Å². The van der Waals surface area contributed by atoms with Crippen LogP contribution in [0.4, 0.5) is 5.69 Å². The quantitative estimate of drug-likeness (QED) is 0.798. The Morgan fingerprint density at radius 3 is 2.76 bits per heavy atom. The Kier molecular flexibility index (Phi) is 3.02. The largest absolute Gasteiger partial charge is 0.497 e. The van der Waals surface area contributed by atoms with E-state index in [1.165, 1.54) is 0 Å². The number of methoxy groups -OCH3 is 1. The smallest absolute Gasteiger partial charge is 0.237 e. The van der Waals surface area contributed by atoms with Gasteiger partial charge in [-0.15, -0.1) is 0 Å². The molecule has 0 aliphatic heterocycles. The van der Waals surface area contributed by atoms with Crippen molar-refractivity contribution in [3.8, 4) is 5.75 Å². The number of hydrogen-bond donors (Lipinski definition) is 2. The fourth-order valence-electron chi connectivity index (χ4n) is 1.66. The van der Waals surface area contributed by atoms with E-state index < -0.39 is 5.41 Å². The van der Waals surface area contributed by atoms with Crippen molar-refractivity contribution in [2.75, 3.05) is 12.4 Å². The van der Waals surface area contributed by atoms with Crippen molar-refractivity contribution >= 4 is 28.8 Å². The molecule has 0 atom stereocenters. The number of thiocarbonyl (C=S) groups is 1. The molecule has 4 nitrogen and oxygen atoms in total. The van der Waals surface area contributed by atoms with Crippen LogP contribution in [0.1, 0.15) is 12.8 Å². The number of nitrogens with one attached hydrogen (secondary N) is 1. The maximum Gasteiger partial charge on any atom is 0.237 e. The van der Waals surface area contributed by atoms with Gasteiger partial charge in [-0.1, -0.05) is 18.3 Å². The predicted octanol–water partition coefficient (Wildman–Crippen LogP) is 1.70. The molecule has 1 aromatic rings. The molecule has 1 saturated carbocycles. The second-order valence-electron chi connectivity index (χ2n) is 4.13.